The van der Waals surface area contributed by atoms with Crippen molar-refractivity contribution in [2.45, 2.75) is 13.3 Å². The highest BCUT2D eigenvalue weighted by atomic mass is 35.5. The van der Waals surface area contributed by atoms with Crippen molar-refractivity contribution in [1.29, 1.82) is 0 Å². The number of amides is 1. The van der Waals surface area contributed by atoms with Gasteiger partial charge in [0.05, 0.1) is 24.8 Å². The lowest BCUT2D eigenvalue weighted by atomic mass is 10.1. The fourth-order valence-corrected chi connectivity index (χ4v) is 2.61. The van der Waals surface area contributed by atoms with Crippen LogP contribution in [0.25, 0.3) is 0 Å². The Balaban J connectivity index is 2.01. The van der Waals surface area contributed by atoms with E-state index in [1.165, 1.54) is 26.4 Å². The number of hydrogen-bond acceptors (Lipinski definition) is 6. The minimum absolute atomic E-state index is 0.124. The molecule has 0 saturated heterocycles. The van der Waals surface area contributed by atoms with E-state index in [1.807, 2.05) is 0 Å². The molecule has 2 rings (SSSR count). The van der Waals surface area contributed by atoms with Crippen LogP contribution in [-0.4, -0.2) is 38.5 Å². The van der Waals surface area contributed by atoms with E-state index in [-0.39, 0.29) is 28.0 Å². The van der Waals surface area contributed by atoms with Gasteiger partial charge in [0, 0.05) is 17.7 Å². The van der Waals surface area contributed by atoms with E-state index in [4.69, 9.17) is 25.8 Å². The van der Waals surface area contributed by atoms with E-state index >= 15 is 0 Å². The number of rotatable bonds is 8. The van der Waals surface area contributed by atoms with Crippen molar-refractivity contribution in [1.82, 2.24) is 0 Å². The molecule has 148 valence electrons. The number of carbonyl (C=O) groups is 3. The Kier molecular flexibility index (Phi) is 7.40. The standard InChI is InChI=1S/C20H20ClNO6/c1-4-18(24)22-14-7-5-12(6-8-14)16(23)11-28-20(25)13-9-15(21)19(27-3)17(10-13)26-2/h5-10H,4,11H2,1-3H3,(H,22,24). The number of carbonyl (C=O) groups excluding carboxylic acids is 3. The van der Waals surface area contributed by atoms with Crippen LogP contribution in [0.5, 0.6) is 11.5 Å². The summed E-state index contributed by atoms with van der Waals surface area (Å²) in [5.74, 6) is -0.650. The first-order chi connectivity index (χ1) is 13.4. The third kappa shape index (κ3) is 5.23. The predicted octanol–water partition coefficient (Wildman–Crippen LogP) is 3.75. The van der Waals surface area contributed by atoms with Gasteiger partial charge in [-0.05, 0) is 36.4 Å². The lowest BCUT2D eigenvalue weighted by Crippen LogP contribution is -2.15. The van der Waals surface area contributed by atoms with E-state index in [1.54, 1.807) is 31.2 Å². The summed E-state index contributed by atoms with van der Waals surface area (Å²) >= 11 is 6.07. The van der Waals surface area contributed by atoms with Gasteiger partial charge in [0.2, 0.25) is 5.91 Å². The zero-order valence-corrected chi connectivity index (χ0v) is 16.5. The zero-order valence-electron chi connectivity index (χ0n) is 15.7. The molecule has 0 spiro atoms. The van der Waals surface area contributed by atoms with Crippen molar-refractivity contribution in [3.8, 4) is 11.5 Å². The van der Waals surface area contributed by atoms with Crippen LogP contribution in [0.3, 0.4) is 0 Å². The van der Waals surface area contributed by atoms with Crippen LogP contribution >= 0.6 is 11.6 Å². The smallest absolute Gasteiger partial charge is 0.338 e. The minimum atomic E-state index is -0.719. The second kappa shape index (κ2) is 9.75. The highest BCUT2D eigenvalue weighted by Gasteiger charge is 2.17. The molecule has 0 aliphatic heterocycles. The monoisotopic (exact) mass is 405 g/mol. The van der Waals surface area contributed by atoms with Crippen LogP contribution in [0, 0.1) is 0 Å². The Morgan fingerprint density at radius 2 is 1.68 bits per heavy atom. The van der Waals surface area contributed by atoms with Gasteiger partial charge in [0.15, 0.2) is 23.9 Å². The van der Waals surface area contributed by atoms with Crippen molar-refractivity contribution < 1.29 is 28.6 Å². The van der Waals surface area contributed by atoms with E-state index in [2.05, 4.69) is 5.32 Å². The van der Waals surface area contributed by atoms with Crippen molar-refractivity contribution >= 4 is 34.9 Å². The van der Waals surface area contributed by atoms with Crippen molar-refractivity contribution in [2.24, 2.45) is 0 Å². The van der Waals surface area contributed by atoms with Crippen LogP contribution in [0.4, 0.5) is 5.69 Å². The minimum Gasteiger partial charge on any atom is -0.493 e. The first kappa shape index (κ1) is 21.2. The summed E-state index contributed by atoms with van der Waals surface area (Å²) in [5.41, 5.74) is 1.07. The molecule has 0 saturated carbocycles. The summed E-state index contributed by atoms with van der Waals surface area (Å²) in [4.78, 5) is 35.8. The number of esters is 1. The second-order valence-electron chi connectivity index (χ2n) is 5.67. The first-order valence-electron chi connectivity index (χ1n) is 8.41. The zero-order chi connectivity index (χ0) is 20.7. The molecule has 0 bridgehead atoms. The van der Waals surface area contributed by atoms with Gasteiger partial charge in [0.25, 0.3) is 0 Å². The molecule has 0 atom stereocenters. The van der Waals surface area contributed by atoms with Crippen LogP contribution in [-0.2, 0) is 9.53 Å². The predicted molar refractivity (Wildman–Crippen MR) is 105 cm³/mol. The Morgan fingerprint density at radius 3 is 2.25 bits per heavy atom. The average Bonchev–Trinajstić information content (AvgIpc) is 2.71. The number of ether oxygens (including phenoxy) is 3. The molecule has 7 nitrogen and oxygen atoms in total. The fraction of sp³-hybridized carbons (Fsp3) is 0.250. The maximum Gasteiger partial charge on any atom is 0.338 e. The largest absolute Gasteiger partial charge is 0.493 e. The van der Waals surface area contributed by atoms with Gasteiger partial charge in [-0.25, -0.2) is 4.79 Å². The number of methoxy groups -OCH3 is 2. The quantitative estimate of drug-likeness (QED) is 0.531. The van der Waals surface area contributed by atoms with Crippen molar-refractivity contribution in [2.75, 3.05) is 26.1 Å². The van der Waals surface area contributed by atoms with E-state index in [0.29, 0.717) is 23.4 Å². The molecule has 0 aliphatic carbocycles. The molecule has 28 heavy (non-hydrogen) atoms. The molecule has 1 amide bonds. The number of anilines is 1. The second-order valence-corrected chi connectivity index (χ2v) is 6.08. The Bertz CT molecular complexity index is 879. The number of Topliss-reactive ketones (excluding diaryl/α,β-unsaturated/α-hetero) is 1. The molecule has 0 aromatic heterocycles. The SMILES string of the molecule is CCC(=O)Nc1ccc(C(=O)COC(=O)c2cc(Cl)c(OC)c(OC)c2)cc1. The molecule has 1 N–H and O–H groups in total. The van der Waals surface area contributed by atoms with Gasteiger partial charge in [0.1, 0.15) is 0 Å². The number of nitrogens with one attached hydrogen (secondary N) is 1. The molecule has 0 fully saturated rings. The van der Waals surface area contributed by atoms with Crippen molar-refractivity contribution in [3.63, 3.8) is 0 Å². The topological polar surface area (TPSA) is 90.9 Å². The summed E-state index contributed by atoms with van der Waals surface area (Å²) < 4.78 is 15.3. The molecule has 2 aromatic rings. The van der Waals surface area contributed by atoms with E-state index in [9.17, 15) is 14.4 Å². The normalized spacial score (nSPS) is 10.1. The summed E-state index contributed by atoms with van der Waals surface area (Å²) in [6.07, 6.45) is 0.358. The summed E-state index contributed by atoms with van der Waals surface area (Å²) in [6, 6.07) is 9.11. The van der Waals surface area contributed by atoms with Gasteiger partial charge in [-0.2, -0.15) is 0 Å². The van der Waals surface area contributed by atoms with E-state index in [0.717, 1.165) is 0 Å². The molecule has 8 heteroatoms. The lowest BCUT2D eigenvalue weighted by molar-refractivity contribution is -0.115. The summed E-state index contributed by atoms with van der Waals surface area (Å²) in [6.45, 7) is 1.30. The maximum absolute atomic E-state index is 12.2. The molecule has 0 radical (unpaired) electrons. The average molecular weight is 406 g/mol. The Hall–Kier alpha value is -3.06. The molecule has 0 heterocycles. The van der Waals surface area contributed by atoms with Crippen LogP contribution in [0.2, 0.25) is 5.02 Å². The van der Waals surface area contributed by atoms with Gasteiger partial charge in [-0.15, -0.1) is 0 Å². The highest BCUT2D eigenvalue weighted by molar-refractivity contribution is 6.32. The third-order valence-electron chi connectivity index (χ3n) is 3.82. The van der Waals surface area contributed by atoms with Crippen LogP contribution in [0.15, 0.2) is 36.4 Å². The van der Waals surface area contributed by atoms with Gasteiger partial charge in [-0.1, -0.05) is 18.5 Å². The first-order valence-corrected chi connectivity index (χ1v) is 8.79. The number of halogens is 1. The number of ketones is 1. The summed E-state index contributed by atoms with van der Waals surface area (Å²) in [5, 5.41) is 2.87. The maximum atomic E-state index is 12.2. The summed E-state index contributed by atoms with van der Waals surface area (Å²) in [7, 11) is 2.85. The van der Waals surface area contributed by atoms with Gasteiger partial charge in [-0.3, -0.25) is 9.59 Å². The fourth-order valence-electron chi connectivity index (χ4n) is 2.32. The van der Waals surface area contributed by atoms with Crippen molar-refractivity contribution in [3.05, 3.63) is 52.5 Å². The van der Waals surface area contributed by atoms with E-state index < -0.39 is 12.6 Å². The number of hydrogen-bond donors (Lipinski definition) is 1. The molecular weight excluding hydrogens is 386 g/mol. The lowest BCUT2D eigenvalue weighted by Gasteiger charge is -2.11. The molecule has 2 aromatic carbocycles. The Labute approximate surface area is 167 Å². The molecule has 0 unspecified atom stereocenters. The highest BCUT2D eigenvalue weighted by Crippen LogP contribution is 2.36. The Morgan fingerprint density at radius 1 is 1.00 bits per heavy atom. The molecule has 0 aliphatic rings. The van der Waals surface area contributed by atoms with Crippen LogP contribution < -0.4 is 14.8 Å². The number of benzene rings is 2. The van der Waals surface area contributed by atoms with Crippen LogP contribution in [0.1, 0.15) is 34.1 Å². The van der Waals surface area contributed by atoms with Gasteiger partial charge < -0.3 is 19.5 Å². The molecular formula is C20H20ClNO6. The van der Waals surface area contributed by atoms with Gasteiger partial charge >= 0.3 is 5.97 Å². The third-order valence-corrected chi connectivity index (χ3v) is 4.10.